The van der Waals surface area contributed by atoms with Crippen LogP contribution in [0.15, 0.2) is 11.6 Å². The highest BCUT2D eigenvalue weighted by molar-refractivity contribution is 4.97. The molecule has 0 atom stereocenters. The Bertz CT molecular complexity index is 136. The Morgan fingerprint density at radius 2 is 1.92 bits per heavy atom. The van der Waals surface area contributed by atoms with E-state index in [1.54, 1.807) is 0 Å². The lowest BCUT2D eigenvalue weighted by Gasteiger charge is -2.04. The first-order valence-electron chi connectivity index (χ1n) is 5.43. The highest BCUT2D eigenvalue weighted by Gasteiger charge is 1.94. The number of allylic oxidation sites excluding steroid dienone is 1. The summed E-state index contributed by atoms with van der Waals surface area (Å²) in [6, 6.07) is 0. The Hall–Kier alpha value is -0.300. The van der Waals surface area contributed by atoms with Crippen molar-refractivity contribution in [3.8, 4) is 0 Å². The predicted octanol–water partition coefficient (Wildman–Crippen LogP) is 3.53. The van der Waals surface area contributed by atoms with Gasteiger partial charge in [-0.2, -0.15) is 0 Å². The SMILES string of the molecule is C/C(=C/CO)CCCCCC(C)C. The molecule has 0 rings (SSSR count). The Morgan fingerprint density at radius 3 is 2.46 bits per heavy atom. The van der Waals surface area contributed by atoms with E-state index in [0.717, 1.165) is 12.3 Å². The molecule has 1 nitrogen and oxygen atoms in total. The lowest BCUT2D eigenvalue weighted by atomic mass is 10.0. The number of rotatable bonds is 7. The maximum absolute atomic E-state index is 8.64. The van der Waals surface area contributed by atoms with Gasteiger partial charge >= 0.3 is 0 Å². The van der Waals surface area contributed by atoms with Crippen LogP contribution in [0.25, 0.3) is 0 Å². The van der Waals surface area contributed by atoms with E-state index in [1.807, 2.05) is 6.08 Å². The fourth-order valence-electron chi connectivity index (χ4n) is 1.39. The molecule has 0 aromatic heterocycles. The molecule has 0 saturated carbocycles. The number of aliphatic hydroxyl groups excluding tert-OH is 1. The average Bonchev–Trinajstić information content (AvgIpc) is 2.03. The Labute approximate surface area is 82.9 Å². The summed E-state index contributed by atoms with van der Waals surface area (Å²) >= 11 is 0. The summed E-state index contributed by atoms with van der Waals surface area (Å²) < 4.78 is 0. The van der Waals surface area contributed by atoms with Crippen LogP contribution in [0.3, 0.4) is 0 Å². The molecule has 1 N–H and O–H groups in total. The second kappa shape index (κ2) is 8.31. The van der Waals surface area contributed by atoms with E-state index in [4.69, 9.17) is 5.11 Å². The largest absolute Gasteiger partial charge is 0.392 e. The van der Waals surface area contributed by atoms with Gasteiger partial charge in [-0.3, -0.25) is 0 Å². The van der Waals surface area contributed by atoms with E-state index in [0.29, 0.717) is 0 Å². The molecule has 0 heterocycles. The van der Waals surface area contributed by atoms with Crippen LogP contribution in [0, 0.1) is 5.92 Å². The van der Waals surface area contributed by atoms with Gasteiger partial charge in [0.15, 0.2) is 0 Å². The summed E-state index contributed by atoms with van der Waals surface area (Å²) in [5.41, 5.74) is 1.33. The van der Waals surface area contributed by atoms with E-state index in [2.05, 4.69) is 20.8 Å². The molecule has 0 aliphatic heterocycles. The number of aliphatic hydroxyl groups is 1. The monoisotopic (exact) mass is 184 g/mol. The molecular weight excluding hydrogens is 160 g/mol. The van der Waals surface area contributed by atoms with E-state index in [1.165, 1.54) is 31.3 Å². The van der Waals surface area contributed by atoms with Gasteiger partial charge in [-0.15, -0.1) is 0 Å². The van der Waals surface area contributed by atoms with Gasteiger partial charge in [0.1, 0.15) is 0 Å². The van der Waals surface area contributed by atoms with Gasteiger partial charge in [-0.05, 0) is 25.7 Å². The minimum absolute atomic E-state index is 0.192. The zero-order valence-corrected chi connectivity index (χ0v) is 9.34. The highest BCUT2D eigenvalue weighted by Crippen LogP contribution is 2.12. The molecule has 0 amide bonds. The van der Waals surface area contributed by atoms with Gasteiger partial charge in [0, 0.05) is 0 Å². The molecule has 1 heteroatoms. The third-order valence-corrected chi connectivity index (χ3v) is 2.29. The molecular formula is C12H24O. The van der Waals surface area contributed by atoms with Crippen LogP contribution in [0.2, 0.25) is 0 Å². The van der Waals surface area contributed by atoms with Gasteiger partial charge in [-0.1, -0.05) is 44.8 Å². The van der Waals surface area contributed by atoms with E-state index in [-0.39, 0.29) is 6.61 Å². The van der Waals surface area contributed by atoms with Gasteiger partial charge in [0.05, 0.1) is 6.61 Å². The standard InChI is InChI=1S/C12H24O/c1-11(2)7-5-4-6-8-12(3)9-10-13/h9,11,13H,4-8,10H2,1-3H3/b12-9-. The predicted molar refractivity (Wildman–Crippen MR) is 58.8 cm³/mol. The van der Waals surface area contributed by atoms with Crippen LogP contribution < -0.4 is 0 Å². The fraction of sp³-hybridized carbons (Fsp3) is 0.833. The van der Waals surface area contributed by atoms with E-state index >= 15 is 0 Å². The van der Waals surface area contributed by atoms with Crippen LogP contribution >= 0.6 is 0 Å². The molecule has 0 unspecified atom stereocenters. The maximum Gasteiger partial charge on any atom is 0.0614 e. The second-order valence-corrected chi connectivity index (χ2v) is 4.23. The maximum atomic E-state index is 8.64. The van der Waals surface area contributed by atoms with Crippen molar-refractivity contribution in [1.82, 2.24) is 0 Å². The molecule has 0 aliphatic rings. The number of hydrogen-bond donors (Lipinski definition) is 1. The first kappa shape index (κ1) is 12.7. The van der Waals surface area contributed by atoms with E-state index < -0.39 is 0 Å². The smallest absolute Gasteiger partial charge is 0.0614 e. The number of hydrogen-bond acceptors (Lipinski definition) is 1. The molecule has 13 heavy (non-hydrogen) atoms. The van der Waals surface area contributed by atoms with Crippen molar-refractivity contribution in [3.05, 3.63) is 11.6 Å². The van der Waals surface area contributed by atoms with Gasteiger partial charge in [0.2, 0.25) is 0 Å². The minimum Gasteiger partial charge on any atom is -0.392 e. The van der Waals surface area contributed by atoms with Crippen LogP contribution in [0.1, 0.15) is 52.9 Å². The van der Waals surface area contributed by atoms with Crippen molar-refractivity contribution in [2.45, 2.75) is 52.9 Å². The molecule has 0 bridgehead atoms. The van der Waals surface area contributed by atoms with Crippen LogP contribution in [-0.4, -0.2) is 11.7 Å². The summed E-state index contributed by atoms with van der Waals surface area (Å²) in [6.45, 7) is 6.84. The van der Waals surface area contributed by atoms with Crippen LogP contribution in [0.5, 0.6) is 0 Å². The van der Waals surface area contributed by atoms with Crippen LogP contribution in [-0.2, 0) is 0 Å². The minimum atomic E-state index is 0.192. The molecule has 0 spiro atoms. The van der Waals surface area contributed by atoms with Crippen molar-refractivity contribution in [2.75, 3.05) is 6.61 Å². The van der Waals surface area contributed by atoms with Crippen molar-refractivity contribution in [2.24, 2.45) is 5.92 Å². The fourth-order valence-corrected chi connectivity index (χ4v) is 1.39. The van der Waals surface area contributed by atoms with E-state index in [9.17, 15) is 0 Å². The Morgan fingerprint density at radius 1 is 1.23 bits per heavy atom. The van der Waals surface area contributed by atoms with Gasteiger partial charge in [0.25, 0.3) is 0 Å². The molecule has 0 aromatic carbocycles. The average molecular weight is 184 g/mol. The van der Waals surface area contributed by atoms with Crippen molar-refractivity contribution in [1.29, 1.82) is 0 Å². The third kappa shape index (κ3) is 9.62. The summed E-state index contributed by atoms with van der Waals surface area (Å²) in [6.07, 6.45) is 8.36. The lowest BCUT2D eigenvalue weighted by molar-refractivity contribution is 0.341. The zero-order chi connectivity index (χ0) is 10.1. The number of unbranched alkanes of at least 4 members (excludes halogenated alkanes) is 2. The lowest BCUT2D eigenvalue weighted by Crippen LogP contribution is -1.88. The van der Waals surface area contributed by atoms with Gasteiger partial charge in [-0.25, -0.2) is 0 Å². The van der Waals surface area contributed by atoms with Crippen molar-refractivity contribution in [3.63, 3.8) is 0 Å². The summed E-state index contributed by atoms with van der Waals surface area (Å²) in [5.74, 6) is 0.842. The zero-order valence-electron chi connectivity index (χ0n) is 9.34. The topological polar surface area (TPSA) is 20.2 Å². The van der Waals surface area contributed by atoms with Crippen LogP contribution in [0.4, 0.5) is 0 Å². The molecule has 0 fully saturated rings. The van der Waals surface area contributed by atoms with Gasteiger partial charge < -0.3 is 5.11 Å². The first-order chi connectivity index (χ1) is 6.16. The Balaban J connectivity index is 3.21. The molecule has 0 saturated heterocycles. The van der Waals surface area contributed by atoms with Crippen molar-refractivity contribution >= 4 is 0 Å². The second-order valence-electron chi connectivity index (χ2n) is 4.23. The quantitative estimate of drug-likeness (QED) is 0.474. The third-order valence-electron chi connectivity index (χ3n) is 2.29. The molecule has 0 aromatic rings. The summed E-state index contributed by atoms with van der Waals surface area (Å²) in [4.78, 5) is 0. The highest BCUT2D eigenvalue weighted by atomic mass is 16.2. The summed E-state index contributed by atoms with van der Waals surface area (Å²) in [5, 5.41) is 8.64. The Kier molecular flexibility index (Phi) is 8.11. The molecule has 0 radical (unpaired) electrons. The summed E-state index contributed by atoms with van der Waals surface area (Å²) in [7, 11) is 0. The first-order valence-corrected chi connectivity index (χ1v) is 5.43. The van der Waals surface area contributed by atoms with Crippen molar-refractivity contribution < 1.29 is 5.11 Å². The molecule has 0 aliphatic carbocycles. The molecule has 78 valence electrons. The normalized spacial score (nSPS) is 12.5.